The molecule has 1 atom stereocenters. The minimum Gasteiger partial charge on any atom is -0.507 e. The van der Waals surface area contributed by atoms with E-state index in [4.69, 9.17) is 0 Å². The van der Waals surface area contributed by atoms with E-state index >= 15 is 0 Å². The molecule has 1 unspecified atom stereocenters. The van der Waals surface area contributed by atoms with Gasteiger partial charge in [0.1, 0.15) is 12.3 Å². The number of carbonyl (C=O) groups is 1. The molecule has 0 fully saturated rings. The maximum absolute atomic E-state index is 12.8. The summed E-state index contributed by atoms with van der Waals surface area (Å²) in [7, 11) is 0. The van der Waals surface area contributed by atoms with Crippen LogP contribution in [0.15, 0.2) is 34.2 Å². The van der Waals surface area contributed by atoms with Crippen molar-refractivity contribution in [2.24, 2.45) is 11.0 Å². The smallest absolute Gasteiger partial charge is 0.279 e. The van der Waals surface area contributed by atoms with Crippen molar-refractivity contribution in [3.63, 3.8) is 0 Å². The maximum Gasteiger partial charge on any atom is 0.279 e. The van der Waals surface area contributed by atoms with Crippen molar-refractivity contribution in [3.05, 3.63) is 50.6 Å². The van der Waals surface area contributed by atoms with Gasteiger partial charge in [0.05, 0.1) is 11.6 Å². The Labute approximate surface area is 164 Å². The number of phenolic OH excluding ortho intramolecular Hbond substituents is 1. The molecule has 144 valence electrons. The number of para-hydroxylation sites is 1. The normalized spacial score (nSPS) is 16.4. The van der Waals surface area contributed by atoms with Gasteiger partial charge < -0.3 is 5.11 Å². The van der Waals surface area contributed by atoms with Crippen LogP contribution in [0.5, 0.6) is 5.75 Å². The molecule has 1 aliphatic rings. The number of carbonyl (C=O) groups excluding carboxylic acids is 1. The van der Waals surface area contributed by atoms with Crippen molar-refractivity contribution in [2.45, 2.75) is 32.7 Å². The molecule has 4 rings (SSSR count). The molecule has 0 saturated heterocycles. The van der Waals surface area contributed by atoms with Crippen LogP contribution in [0.2, 0.25) is 0 Å². The molecule has 0 aliphatic heterocycles. The zero-order chi connectivity index (χ0) is 19.7. The van der Waals surface area contributed by atoms with Gasteiger partial charge in [0, 0.05) is 10.4 Å². The van der Waals surface area contributed by atoms with Crippen LogP contribution in [-0.2, 0) is 24.2 Å². The minimum atomic E-state index is -0.500. The molecule has 0 spiro atoms. The average molecular weight is 397 g/mol. The van der Waals surface area contributed by atoms with E-state index in [0.717, 1.165) is 29.5 Å². The van der Waals surface area contributed by atoms with Gasteiger partial charge in [-0.25, -0.2) is 10.1 Å². The van der Waals surface area contributed by atoms with Gasteiger partial charge in [0.2, 0.25) is 0 Å². The summed E-state index contributed by atoms with van der Waals surface area (Å²) in [6, 6.07) is 6.62. The first kappa shape index (κ1) is 18.3. The summed E-state index contributed by atoms with van der Waals surface area (Å²) in [4.78, 5) is 26.8. The highest BCUT2D eigenvalue weighted by atomic mass is 32.1. The molecule has 0 bridgehead atoms. The lowest BCUT2D eigenvalue weighted by Crippen LogP contribution is -2.32. The lowest BCUT2D eigenvalue weighted by atomic mass is 9.89. The Kier molecular flexibility index (Phi) is 4.91. The van der Waals surface area contributed by atoms with Crippen LogP contribution in [0.3, 0.4) is 0 Å². The summed E-state index contributed by atoms with van der Waals surface area (Å²) in [6.07, 6.45) is 4.19. The molecule has 1 amide bonds. The number of benzene rings is 1. The Morgan fingerprint density at radius 2 is 2.29 bits per heavy atom. The molecule has 2 heterocycles. The lowest BCUT2D eigenvalue weighted by molar-refractivity contribution is -0.121. The van der Waals surface area contributed by atoms with E-state index in [2.05, 4.69) is 27.8 Å². The van der Waals surface area contributed by atoms with Gasteiger partial charge in [0.15, 0.2) is 4.83 Å². The highest BCUT2D eigenvalue weighted by molar-refractivity contribution is 7.18. The Morgan fingerprint density at radius 1 is 1.46 bits per heavy atom. The van der Waals surface area contributed by atoms with Crippen LogP contribution < -0.4 is 11.0 Å². The van der Waals surface area contributed by atoms with Crippen LogP contribution in [0, 0.1) is 5.92 Å². The molecular formula is C19H19N5O3S. The lowest BCUT2D eigenvalue weighted by Gasteiger charge is -2.17. The first-order valence-electron chi connectivity index (χ1n) is 9.01. The second kappa shape index (κ2) is 7.51. The number of phenols is 1. The van der Waals surface area contributed by atoms with Crippen molar-refractivity contribution in [3.8, 4) is 5.75 Å². The quantitative estimate of drug-likeness (QED) is 0.516. The van der Waals surface area contributed by atoms with E-state index in [1.807, 2.05) is 0 Å². The van der Waals surface area contributed by atoms with Crippen LogP contribution in [0.25, 0.3) is 10.2 Å². The maximum atomic E-state index is 12.8. The Morgan fingerprint density at radius 3 is 3.11 bits per heavy atom. The van der Waals surface area contributed by atoms with Crippen molar-refractivity contribution >= 4 is 33.7 Å². The van der Waals surface area contributed by atoms with E-state index < -0.39 is 5.91 Å². The fourth-order valence-corrected chi connectivity index (χ4v) is 4.66. The van der Waals surface area contributed by atoms with Crippen LogP contribution >= 0.6 is 11.3 Å². The number of nitrogens with zero attached hydrogens (tertiary/aromatic N) is 4. The van der Waals surface area contributed by atoms with Crippen molar-refractivity contribution in [2.75, 3.05) is 0 Å². The Balaban J connectivity index is 1.52. The number of hydrazone groups is 1. The van der Waals surface area contributed by atoms with Crippen LogP contribution in [-0.4, -0.2) is 32.2 Å². The number of fused-ring (bicyclic) bond motifs is 3. The molecule has 2 aromatic heterocycles. The van der Waals surface area contributed by atoms with Crippen molar-refractivity contribution in [1.29, 1.82) is 0 Å². The number of aromatic nitrogens is 3. The monoisotopic (exact) mass is 397 g/mol. The number of aromatic hydroxyl groups is 1. The first-order chi connectivity index (χ1) is 13.5. The largest absolute Gasteiger partial charge is 0.507 e. The van der Waals surface area contributed by atoms with E-state index in [-0.39, 0.29) is 17.9 Å². The van der Waals surface area contributed by atoms with Gasteiger partial charge in [-0.3, -0.25) is 9.59 Å². The zero-order valence-electron chi connectivity index (χ0n) is 15.3. The average Bonchev–Trinajstić information content (AvgIpc) is 3.04. The summed E-state index contributed by atoms with van der Waals surface area (Å²) in [5, 5.41) is 22.1. The number of amides is 1. The molecule has 9 heteroatoms. The molecule has 8 nitrogen and oxygen atoms in total. The number of aryl methyl sites for hydroxylation is 1. The summed E-state index contributed by atoms with van der Waals surface area (Å²) in [6.45, 7) is 1.93. The van der Waals surface area contributed by atoms with Crippen molar-refractivity contribution < 1.29 is 9.90 Å². The molecule has 1 aliphatic carbocycles. The number of nitrogens with one attached hydrogen (secondary N) is 1. The molecule has 2 N–H and O–H groups in total. The highest BCUT2D eigenvalue weighted by Crippen LogP contribution is 2.35. The molecule has 0 radical (unpaired) electrons. The molecule has 1 aromatic carbocycles. The van der Waals surface area contributed by atoms with Gasteiger partial charge in [-0.1, -0.05) is 24.3 Å². The van der Waals surface area contributed by atoms with E-state index in [1.165, 1.54) is 28.5 Å². The van der Waals surface area contributed by atoms with E-state index in [1.54, 1.807) is 18.2 Å². The fraction of sp³-hybridized carbons (Fsp3) is 0.316. The van der Waals surface area contributed by atoms with Crippen molar-refractivity contribution in [1.82, 2.24) is 20.4 Å². The van der Waals surface area contributed by atoms with Gasteiger partial charge in [-0.05, 0) is 42.9 Å². The molecule has 3 aromatic rings. The third-order valence-electron chi connectivity index (χ3n) is 4.81. The zero-order valence-corrected chi connectivity index (χ0v) is 16.1. The molecule has 0 saturated carbocycles. The topological polar surface area (TPSA) is 109 Å². The minimum absolute atomic E-state index is 0.0598. The fourth-order valence-electron chi connectivity index (χ4n) is 3.34. The van der Waals surface area contributed by atoms with Gasteiger partial charge in [-0.2, -0.15) is 5.10 Å². The van der Waals surface area contributed by atoms with Gasteiger partial charge in [0.25, 0.3) is 11.5 Å². The van der Waals surface area contributed by atoms with E-state index in [0.29, 0.717) is 21.7 Å². The standard InChI is InChI=1S/C19H19N5O3S/c1-11-6-7-13-15(8-11)28-18-17(13)19(27)24(23-22-18)10-16(26)21-20-9-12-4-2-3-5-14(12)25/h2-5,9,11,25H,6-8,10H2,1H3,(H,21,26). The van der Waals surface area contributed by atoms with E-state index in [9.17, 15) is 14.7 Å². The predicted octanol–water partition coefficient (Wildman–Crippen LogP) is 1.83. The molecule has 28 heavy (non-hydrogen) atoms. The summed E-state index contributed by atoms with van der Waals surface area (Å²) in [5.41, 5.74) is 3.58. The summed E-state index contributed by atoms with van der Waals surface area (Å²) >= 11 is 1.52. The Hall–Kier alpha value is -3.07. The SMILES string of the molecule is CC1CCc2c(sc3nnn(CC(=O)NN=Cc4ccccc4O)c(=O)c23)C1. The second-order valence-electron chi connectivity index (χ2n) is 6.94. The summed E-state index contributed by atoms with van der Waals surface area (Å²) < 4.78 is 1.07. The number of rotatable bonds is 4. The highest BCUT2D eigenvalue weighted by Gasteiger charge is 2.24. The first-order valence-corrected chi connectivity index (χ1v) is 9.82. The Bertz CT molecular complexity index is 1130. The van der Waals surface area contributed by atoms with Gasteiger partial charge in [-0.15, -0.1) is 16.4 Å². The third-order valence-corrected chi connectivity index (χ3v) is 5.95. The molecular weight excluding hydrogens is 378 g/mol. The van der Waals surface area contributed by atoms with Gasteiger partial charge >= 0.3 is 0 Å². The predicted molar refractivity (Wildman–Crippen MR) is 107 cm³/mol. The number of hydrogen-bond donors (Lipinski definition) is 2. The van der Waals surface area contributed by atoms with Crippen LogP contribution in [0.4, 0.5) is 0 Å². The number of hydrogen-bond acceptors (Lipinski definition) is 7. The second-order valence-corrected chi connectivity index (χ2v) is 8.02. The third kappa shape index (κ3) is 3.53. The van der Waals surface area contributed by atoms with Crippen LogP contribution in [0.1, 0.15) is 29.3 Å². The number of thiophene rings is 1. The summed E-state index contributed by atoms with van der Waals surface area (Å²) in [5.74, 6) is 0.160.